The fourth-order valence-corrected chi connectivity index (χ4v) is 3.81. The van der Waals surface area contributed by atoms with Gasteiger partial charge in [-0.1, -0.05) is 20.8 Å². The molecule has 1 saturated heterocycles. The summed E-state index contributed by atoms with van der Waals surface area (Å²) in [5.74, 6) is 0.730. The van der Waals surface area contributed by atoms with Crippen LogP contribution in [0.3, 0.4) is 0 Å². The second-order valence-electron chi connectivity index (χ2n) is 6.70. The lowest BCUT2D eigenvalue weighted by Crippen LogP contribution is -2.61. The molecule has 4 atom stereocenters. The minimum atomic E-state index is 0.488. The van der Waals surface area contributed by atoms with E-state index in [0.717, 1.165) is 18.5 Å². The van der Waals surface area contributed by atoms with Gasteiger partial charge in [-0.05, 0) is 38.0 Å². The van der Waals surface area contributed by atoms with E-state index in [0.29, 0.717) is 18.2 Å². The van der Waals surface area contributed by atoms with Crippen molar-refractivity contribution >= 4 is 0 Å². The van der Waals surface area contributed by atoms with Gasteiger partial charge >= 0.3 is 0 Å². The molecule has 0 aromatic carbocycles. The molecule has 1 saturated carbocycles. The Kier molecular flexibility index (Phi) is 5.67. The minimum Gasteiger partial charge on any atom is -0.381 e. The zero-order valence-corrected chi connectivity index (χ0v) is 13.2. The van der Waals surface area contributed by atoms with E-state index in [1.54, 1.807) is 0 Å². The molecule has 0 aromatic rings. The zero-order valence-electron chi connectivity index (χ0n) is 13.2. The highest BCUT2D eigenvalue weighted by Crippen LogP contribution is 2.29. The smallest absolute Gasteiger partial charge is 0.0586 e. The quantitative estimate of drug-likeness (QED) is 0.848. The van der Waals surface area contributed by atoms with E-state index in [1.807, 2.05) is 7.11 Å². The van der Waals surface area contributed by atoms with Crippen LogP contribution in [0.25, 0.3) is 0 Å². The fourth-order valence-electron chi connectivity index (χ4n) is 3.81. The number of nitrogens with zero attached hydrogens (tertiary/aromatic N) is 1. The molecule has 0 bridgehead atoms. The lowest BCUT2D eigenvalue weighted by molar-refractivity contribution is -0.0102. The van der Waals surface area contributed by atoms with Gasteiger partial charge in [0.15, 0.2) is 0 Å². The van der Waals surface area contributed by atoms with E-state index in [1.165, 1.54) is 38.6 Å². The molecule has 4 unspecified atom stereocenters. The lowest BCUT2D eigenvalue weighted by Gasteiger charge is -2.48. The number of piperazine rings is 1. The average Bonchev–Trinajstić information content (AvgIpc) is 2.46. The van der Waals surface area contributed by atoms with Crippen molar-refractivity contribution in [3.05, 3.63) is 0 Å². The topological polar surface area (TPSA) is 24.5 Å². The van der Waals surface area contributed by atoms with Gasteiger partial charge in [0.2, 0.25) is 0 Å². The maximum atomic E-state index is 5.62. The Bertz CT molecular complexity index is 269. The first-order valence-corrected chi connectivity index (χ1v) is 8.17. The average molecular weight is 268 g/mol. The maximum absolute atomic E-state index is 5.62. The van der Waals surface area contributed by atoms with E-state index in [-0.39, 0.29) is 0 Å². The highest BCUT2D eigenvalue weighted by atomic mass is 16.5. The SMILES string of the molecule is CCC1CN(C2CCCC(OC)C2)C(C(C)C)CN1. The monoisotopic (exact) mass is 268 g/mol. The van der Waals surface area contributed by atoms with Gasteiger partial charge in [-0.2, -0.15) is 0 Å². The standard InChI is InChI=1S/C16H32N2O/c1-5-13-11-18(16(10-17-13)12(2)3)14-7-6-8-15(9-14)19-4/h12-17H,5-11H2,1-4H3. The Morgan fingerprint density at radius 3 is 2.74 bits per heavy atom. The highest BCUT2D eigenvalue weighted by molar-refractivity contribution is 4.93. The number of hydrogen-bond acceptors (Lipinski definition) is 3. The fraction of sp³-hybridized carbons (Fsp3) is 1.00. The van der Waals surface area contributed by atoms with Crippen LogP contribution >= 0.6 is 0 Å². The van der Waals surface area contributed by atoms with Crippen molar-refractivity contribution in [2.45, 2.75) is 77.1 Å². The molecule has 2 rings (SSSR count). The van der Waals surface area contributed by atoms with Gasteiger partial charge in [0.1, 0.15) is 0 Å². The van der Waals surface area contributed by atoms with Crippen LogP contribution in [0, 0.1) is 5.92 Å². The lowest BCUT2D eigenvalue weighted by atomic mass is 9.87. The van der Waals surface area contributed by atoms with Gasteiger partial charge in [-0.15, -0.1) is 0 Å². The number of nitrogens with one attached hydrogen (secondary N) is 1. The van der Waals surface area contributed by atoms with Gasteiger partial charge in [-0.25, -0.2) is 0 Å². The third-order valence-corrected chi connectivity index (χ3v) is 5.14. The molecule has 0 amide bonds. The number of ether oxygens (including phenoxy) is 1. The molecule has 2 fully saturated rings. The predicted octanol–water partition coefficient (Wildman–Crippen LogP) is 2.65. The predicted molar refractivity (Wildman–Crippen MR) is 80.5 cm³/mol. The summed E-state index contributed by atoms with van der Waals surface area (Å²) in [5, 5.41) is 3.72. The molecule has 1 aliphatic heterocycles. The summed E-state index contributed by atoms with van der Waals surface area (Å²) in [6.07, 6.45) is 6.90. The molecule has 0 aromatic heterocycles. The Morgan fingerprint density at radius 2 is 2.11 bits per heavy atom. The number of rotatable bonds is 4. The Balaban J connectivity index is 2.03. The van der Waals surface area contributed by atoms with Gasteiger partial charge < -0.3 is 10.1 Å². The van der Waals surface area contributed by atoms with Crippen molar-refractivity contribution in [1.29, 1.82) is 0 Å². The molecule has 19 heavy (non-hydrogen) atoms. The summed E-state index contributed by atoms with van der Waals surface area (Å²) in [6, 6.07) is 2.11. The van der Waals surface area contributed by atoms with Crippen LogP contribution in [0.1, 0.15) is 52.9 Å². The molecule has 1 heterocycles. The molecule has 3 nitrogen and oxygen atoms in total. The molecular formula is C16H32N2O. The van der Waals surface area contributed by atoms with Crippen molar-refractivity contribution in [1.82, 2.24) is 10.2 Å². The van der Waals surface area contributed by atoms with Crippen LogP contribution < -0.4 is 5.32 Å². The number of methoxy groups -OCH3 is 1. The maximum Gasteiger partial charge on any atom is 0.0586 e. The van der Waals surface area contributed by atoms with Gasteiger partial charge in [-0.3, -0.25) is 4.90 Å². The third-order valence-electron chi connectivity index (χ3n) is 5.14. The normalized spacial score (nSPS) is 37.7. The highest BCUT2D eigenvalue weighted by Gasteiger charge is 2.36. The summed E-state index contributed by atoms with van der Waals surface area (Å²) in [7, 11) is 1.87. The van der Waals surface area contributed by atoms with E-state index < -0.39 is 0 Å². The van der Waals surface area contributed by atoms with Crippen molar-refractivity contribution < 1.29 is 4.74 Å². The van der Waals surface area contributed by atoms with E-state index in [2.05, 4.69) is 31.0 Å². The molecular weight excluding hydrogens is 236 g/mol. The molecule has 0 spiro atoms. The second kappa shape index (κ2) is 7.05. The first-order valence-electron chi connectivity index (χ1n) is 8.17. The van der Waals surface area contributed by atoms with Crippen molar-refractivity contribution in [3.8, 4) is 0 Å². The summed E-state index contributed by atoms with van der Waals surface area (Å²) >= 11 is 0. The summed E-state index contributed by atoms with van der Waals surface area (Å²) < 4.78 is 5.62. The van der Waals surface area contributed by atoms with Crippen LogP contribution in [-0.2, 0) is 4.74 Å². The van der Waals surface area contributed by atoms with Crippen molar-refractivity contribution in [3.63, 3.8) is 0 Å². The molecule has 0 radical (unpaired) electrons. The zero-order chi connectivity index (χ0) is 13.8. The Labute approximate surface area is 119 Å². The summed E-state index contributed by atoms with van der Waals surface area (Å²) in [4.78, 5) is 2.81. The minimum absolute atomic E-state index is 0.488. The van der Waals surface area contributed by atoms with Crippen LogP contribution in [0.2, 0.25) is 0 Å². The summed E-state index contributed by atoms with van der Waals surface area (Å²) in [5.41, 5.74) is 0. The Hall–Kier alpha value is -0.120. The van der Waals surface area contributed by atoms with Gasteiger partial charge in [0, 0.05) is 38.3 Å². The summed E-state index contributed by atoms with van der Waals surface area (Å²) in [6.45, 7) is 9.40. The van der Waals surface area contributed by atoms with Gasteiger partial charge in [0.25, 0.3) is 0 Å². The van der Waals surface area contributed by atoms with E-state index in [4.69, 9.17) is 4.74 Å². The number of hydrogen-bond donors (Lipinski definition) is 1. The van der Waals surface area contributed by atoms with E-state index in [9.17, 15) is 0 Å². The molecule has 112 valence electrons. The molecule has 1 N–H and O–H groups in total. The second-order valence-corrected chi connectivity index (χ2v) is 6.70. The first kappa shape index (κ1) is 15.3. The van der Waals surface area contributed by atoms with Crippen LogP contribution in [0.5, 0.6) is 0 Å². The van der Waals surface area contributed by atoms with Crippen LogP contribution in [0.15, 0.2) is 0 Å². The molecule has 3 heteroatoms. The van der Waals surface area contributed by atoms with Gasteiger partial charge in [0.05, 0.1) is 6.10 Å². The Morgan fingerprint density at radius 1 is 1.32 bits per heavy atom. The molecule has 1 aliphatic carbocycles. The first-order chi connectivity index (χ1) is 9.15. The third kappa shape index (κ3) is 3.71. The largest absolute Gasteiger partial charge is 0.381 e. The molecule has 2 aliphatic rings. The van der Waals surface area contributed by atoms with Crippen molar-refractivity contribution in [2.75, 3.05) is 20.2 Å². The van der Waals surface area contributed by atoms with E-state index >= 15 is 0 Å². The van der Waals surface area contributed by atoms with Crippen LogP contribution in [-0.4, -0.2) is 49.3 Å². The van der Waals surface area contributed by atoms with Crippen LogP contribution in [0.4, 0.5) is 0 Å². The van der Waals surface area contributed by atoms with Crippen molar-refractivity contribution in [2.24, 2.45) is 5.92 Å².